The van der Waals surface area contributed by atoms with Crippen LogP contribution in [0.15, 0.2) is 72.9 Å². The number of quaternary nitrogens is 1. The fraction of sp³-hybridized carbons (Fsp3) is 0.682. The number of carbonyl (C=O) groups is 2. The molecule has 310 valence electrons. The first kappa shape index (κ1) is 51.5. The van der Waals surface area contributed by atoms with Crippen molar-refractivity contribution in [3.8, 4) is 0 Å². The van der Waals surface area contributed by atoms with Crippen LogP contribution in [0.3, 0.4) is 0 Å². The van der Waals surface area contributed by atoms with Crippen LogP contribution in [0, 0.1) is 0 Å². The van der Waals surface area contributed by atoms with E-state index in [-0.39, 0.29) is 26.1 Å². The Morgan fingerprint density at radius 2 is 1.06 bits per heavy atom. The zero-order valence-electron chi connectivity index (χ0n) is 34.6. The van der Waals surface area contributed by atoms with Gasteiger partial charge in [0.05, 0.1) is 27.7 Å². The fourth-order valence-corrected chi connectivity index (χ4v) is 5.68. The van der Waals surface area contributed by atoms with Gasteiger partial charge < -0.3 is 27.9 Å². The van der Waals surface area contributed by atoms with Crippen molar-refractivity contribution in [1.82, 2.24) is 0 Å². The summed E-state index contributed by atoms with van der Waals surface area (Å²) in [5.74, 6) is -0.893. The Morgan fingerprint density at radius 1 is 0.593 bits per heavy atom. The summed E-state index contributed by atoms with van der Waals surface area (Å²) in [5, 5.41) is 0. The number of rotatable bonds is 36. The normalized spacial score (nSPS) is 14.4. The van der Waals surface area contributed by atoms with Crippen molar-refractivity contribution in [1.29, 1.82) is 0 Å². The van der Waals surface area contributed by atoms with Crippen molar-refractivity contribution in [3.05, 3.63) is 72.9 Å². The number of carbonyl (C=O) groups excluding carboxylic acids is 2. The van der Waals surface area contributed by atoms with Gasteiger partial charge >= 0.3 is 11.9 Å². The van der Waals surface area contributed by atoms with E-state index in [1.807, 2.05) is 21.1 Å². The van der Waals surface area contributed by atoms with Gasteiger partial charge in [0, 0.05) is 12.8 Å². The zero-order valence-corrected chi connectivity index (χ0v) is 35.5. The highest BCUT2D eigenvalue weighted by Gasteiger charge is 2.21. The maximum atomic E-state index is 12.6. The highest BCUT2D eigenvalue weighted by molar-refractivity contribution is 7.45. The Bertz CT molecular complexity index is 1150. The topological polar surface area (TPSA) is 111 Å². The van der Waals surface area contributed by atoms with Crippen LogP contribution in [0.4, 0.5) is 0 Å². The molecule has 0 spiro atoms. The van der Waals surface area contributed by atoms with Crippen LogP contribution in [0.25, 0.3) is 0 Å². The minimum atomic E-state index is -4.64. The summed E-state index contributed by atoms with van der Waals surface area (Å²) < 4.78 is 33.8. The molecule has 1 unspecified atom stereocenters. The van der Waals surface area contributed by atoms with Gasteiger partial charge in [-0.25, -0.2) is 0 Å². The highest BCUT2D eigenvalue weighted by Crippen LogP contribution is 2.38. The summed E-state index contributed by atoms with van der Waals surface area (Å²) in [6, 6.07) is 0. The lowest BCUT2D eigenvalue weighted by Crippen LogP contribution is -2.37. The Kier molecular flexibility index (Phi) is 34.4. The van der Waals surface area contributed by atoms with Gasteiger partial charge in [0.1, 0.15) is 19.8 Å². The summed E-state index contributed by atoms with van der Waals surface area (Å²) in [6.45, 7) is 3.99. The van der Waals surface area contributed by atoms with E-state index in [1.54, 1.807) is 0 Å². The van der Waals surface area contributed by atoms with Gasteiger partial charge in [0.15, 0.2) is 6.10 Å². The first-order valence-electron chi connectivity index (χ1n) is 20.6. The summed E-state index contributed by atoms with van der Waals surface area (Å²) in [6.07, 6.45) is 43.6. The summed E-state index contributed by atoms with van der Waals surface area (Å²) in [5.41, 5.74) is 0. The number of phosphoric ester groups is 1. The van der Waals surface area contributed by atoms with E-state index in [0.29, 0.717) is 23.9 Å². The maximum Gasteiger partial charge on any atom is 0.306 e. The molecule has 0 aromatic carbocycles. The van der Waals surface area contributed by atoms with E-state index >= 15 is 0 Å². The van der Waals surface area contributed by atoms with Gasteiger partial charge in [0.2, 0.25) is 0 Å². The van der Waals surface area contributed by atoms with Crippen LogP contribution in [0.1, 0.15) is 142 Å². The molecule has 0 fully saturated rings. The van der Waals surface area contributed by atoms with Gasteiger partial charge in [0.25, 0.3) is 7.82 Å². The molecule has 2 atom stereocenters. The molecule has 0 aliphatic rings. The SMILES string of the molecule is CC/C=C\C/C=C\C/C=C\C/C=C\C/C=C\CCCCCC(=O)O[C@H](COC(=O)CCCCCCC/C=C\CCCC)COP(=O)([O-])OCC[N+](C)(C)C. The number of hydrogen-bond donors (Lipinski definition) is 0. The quantitative estimate of drug-likeness (QED) is 0.0203. The number of hydrogen-bond acceptors (Lipinski definition) is 8. The van der Waals surface area contributed by atoms with Gasteiger partial charge in [-0.15, -0.1) is 0 Å². The van der Waals surface area contributed by atoms with Crippen LogP contribution in [0.2, 0.25) is 0 Å². The molecule has 0 N–H and O–H groups in total. The Labute approximate surface area is 329 Å². The van der Waals surface area contributed by atoms with Crippen molar-refractivity contribution < 1.29 is 42.1 Å². The zero-order chi connectivity index (χ0) is 40.0. The molecule has 0 aromatic rings. The monoisotopic (exact) mass is 778 g/mol. The maximum absolute atomic E-state index is 12.6. The lowest BCUT2D eigenvalue weighted by molar-refractivity contribution is -0.870. The second-order valence-corrected chi connectivity index (χ2v) is 16.0. The molecule has 0 heterocycles. The molecule has 0 radical (unpaired) electrons. The first-order chi connectivity index (χ1) is 26.0. The van der Waals surface area contributed by atoms with E-state index in [4.69, 9.17) is 18.5 Å². The Hall–Kier alpha value is -2.55. The van der Waals surface area contributed by atoms with Gasteiger partial charge in [-0.3, -0.25) is 14.2 Å². The first-order valence-corrected chi connectivity index (χ1v) is 22.1. The van der Waals surface area contributed by atoms with Gasteiger partial charge in [-0.05, 0) is 77.0 Å². The second-order valence-electron chi connectivity index (χ2n) is 14.6. The van der Waals surface area contributed by atoms with Gasteiger partial charge in [-0.2, -0.15) is 0 Å². The number of ether oxygens (including phenoxy) is 2. The van der Waals surface area contributed by atoms with Crippen molar-refractivity contribution in [2.45, 2.75) is 148 Å². The molecule has 54 heavy (non-hydrogen) atoms. The van der Waals surface area contributed by atoms with Crippen LogP contribution in [-0.2, 0) is 32.7 Å². The van der Waals surface area contributed by atoms with Gasteiger partial charge in [-0.1, -0.05) is 125 Å². The van der Waals surface area contributed by atoms with E-state index in [0.717, 1.165) is 89.9 Å². The molecular weight excluding hydrogens is 701 g/mol. The van der Waals surface area contributed by atoms with Crippen molar-refractivity contribution >= 4 is 19.8 Å². The number of unbranched alkanes of at least 4 members (excludes halogenated alkanes) is 10. The number of phosphoric acid groups is 1. The predicted octanol–water partition coefficient (Wildman–Crippen LogP) is 10.8. The average molecular weight is 778 g/mol. The summed E-state index contributed by atoms with van der Waals surface area (Å²) >= 11 is 0. The van der Waals surface area contributed by atoms with E-state index < -0.39 is 32.5 Å². The predicted molar refractivity (Wildman–Crippen MR) is 222 cm³/mol. The van der Waals surface area contributed by atoms with Crippen LogP contribution >= 0.6 is 7.82 Å². The van der Waals surface area contributed by atoms with Crippen molar-refractivity contribution in [2.24, 2.45) is 0 Å². The third kappa shape index (κ3) is 39.2. The largest absolute Gasteiger partial charge is 0.756 e. The molecule has 10 heteroatoms. The Balaban J connectivity index is 4.48. The molecule has 0 rings (SSSR count). The third-order valence-corrected chi connectivity index (χ3v) is 9.17. The number of esters is 2. The molecule has 0 aliphatic carbocycles. The second kappa shape index (κ2) is 36.1. The van der Waals surface area contributed by atoms with Crippen molar-refractivity contribution in [2.75, 3.05) is 47.5 Å². The van der Waals surface area contributed by atoms with E-state index in [1.165, 1.54) is 12.8 Å². The minimum Gasteiger partial charge on any atom is -0.756 e. The number of allylic oxidation sites excluding steroid dienone is 12. The van der Waals surface area contributed by atoms with Crippen molar-refractivity contribution in [3.63, 3.8) is 0 Å². The van der Waals surface area contributed by atoms with Crippen LogP contribution in [-0.4, -0.2) is 70.0 Å². The molecular formula is C44H76NO8P. The number of likely N-dealkylation sites (N-methyl/N-ethyl adjacent to an activating group) is 1. The minimum absolute atomic E-state index is 0.0427. The molecule has 0 saturated heterocycles. The molecule has 0 saturated carbocycles. The Morgan fingerprint density at radius 3 is 1.61 bits per heavy atom. The molecule has 0 bridgehead atoms. The standard InChI is InChI=1S/C44H76NO8P/c1-6-8-10-12-14-16-18-19-20-21-22-23-24-25-27-29-31-33-35-37-44(47)53-42(41-52-54(48,49)51-39-38-45(3,4)5)40-50-43(46)36-34-32-30-28-26-17-15-13-11-9-7-2/h8,10,13-16,19-20,22-23,25,27,42H,6-7,9,11-12,17-18,21,24,26,28-41H2,1-5H3/b10-8-,15-13-,16-14-,20-19-,23-22-,27-25-/t42-/m1/s1. The molecule has 0 amide bonds. The third-order valence-electron chi connectivity index (χ3n) is 8.21. The molecule has 0 aliphatic heterocycles. The molecule has 0 aromatic heterocycles. The smallest absolute Gasteiger partial charge is 0.306 e. The summed E-state index contributed by atoms with van der Waals surface area (Å²) in [7, 11) is 1.12. The van der Waals surface area contributed by atoms with E-state index in [2.05, 4.69) is 86.8 Å². The lowest BCUT2D eigenvalue weighted by atomic mass is 10.1. The summed E-state index contributed by atoms with van der Waals surface area (Å²) in [4.78, 5) is 37.4. The number of nitrogens with zero attached hydrogens (tertiary/aromatic N) is 1. The van der Waals surface area contributed by atoms with Crippen LogP contribution in [0.5, 0.6) is 0 Å². The highest BCUT2D eigenvalue weighted by atomic mass is 31.2. The van der Waals surface area contributed by atoms with E-state index in [9.17, 15) is 19.0 Å². The fourth-order valence-electron chi connectivity index (χ4n) is 4.95. The van der Waals surface area contributed by atoms with Crippen LogP contribution < -0.4 is 4.89 Å². The molecule has 9 nitrogen and oxygen atoms in total. The lowest BCUT2D eigenvalue weighted by Gasteiger charge is -2.28. The average Bonchev–Trinajstić information content (AvgIpc) is 3.12.